The van der Waals surface area contributed by atoms with Crippen LogP contribution >= 0.6 is 0 Å². The van der Waals surface area contributed by atoms with Crippen LogP contribution in [0.25, 0.3) is 0 Å². The lowest BCUT2D eigenvalue weighted by molar-refractivity contribution is 0.233. The summed E-state index contributed by atoms with van der Waals surface area (Å²) in [6.07, 6.45) is 14.4. The Morgan fingerprint density at radius 2 is 1.32 bits per heavy atom. The average Bonchev–Trinajstić information content (AvgIpc) is 2.51. The van der Waals surface area contributed by atoms with Crippen molar-refractivity contribution in [3.63, 3.8) is 0 Å². The molecule has 0 saturated heterocycles. The van der Waals surface area contributed by atoms with E-state index in [9.17, 15) is 4.79 Å². The molecule has 3 nitrogen and oxygen atoms in total. The van der Waals surface area contributed by atoms with Crippen molar-refractivity contribution in [3.05, 3.63) is 0 Å². The maximum atomic E-state index is 11.7. The topological polar surface area (TPSA) is 41.1 Å². The summed E-state index contributed by atoms with van der Waals surface area (Å²) in [6.45, 7) is 9.47. The number of hydrogen-bond acceptors (Lipinski definition) is 1. The molecule has 0 fully saturated rings. The second kappa shape index (κ2) is 15.2. The molecule has 0 aliphatic heterocycles. The van der Waals surface area contributed by atoms with Crippen molar-refractivity contribution in [1.82, 2.24) is 10.6 Å². The lowest BCUT2D eigenvalue weighted by atomic mass is 10.0. The highest BCUT2D eigenvalue weighted by Crippen LogP contribution is 2.10. The number of carbonyl (C=O) groups excluding carboxylic acids is 1. The summed E-state index contributed by atoms with van der Waals surface area (Å²) in [4.78, 5) is 11.7. The third kappa shape index (κ3) is 13.0. The van der Waals surface area contributed by atoms with E-state index < -0.39 is 0 Å². The van der Waals surface area contributed by atoms with Gasteiger partial charge in [0.05, 0.1) is 0 Å². The average molecular weight is 313 g/mol. The first kappa shape index (κ1) is 21.3. The molecule has 2 N–H and O–H groups in total. The minimum atomic E-state index is -0.0104. The van der Waals surface area contributed by atoms with Crippen LogP contribution in [0.15, 0.2) is 0 Å². The normalized spacial score (nSPS) is 13.6. The standard InChI is InChI=1S/C19H40N2O/c1-5-7-8-9-10-11-12-13-14-15-16-20-19(22)21-18(4)17(3)6-2/h17-18H,5-16H2,1-4H3,(H2,20,21,22). The Bertz CT molecular complexity index is 256. The highest BCUT2D eigenvalue weighted by molar-refractivity contribution is 5.74. The fourth-order valence-corrected chi connectivity index (χ4v) is 2.57. The first-order valence-electron chi connectivity index (χ1n) is 9.66. The Morgan fingerprint density at radius 1 is 0.818 bits per heavy atom. The molecule has 2 atom stereocenters. The predicted octanol–water partition coefficient (Wildman–Crippen LogP) is 5.64. The fourth-order valence-electron chi connectivity index (χ4n) is 2.57. The van der Waals surface area contributed by atoms with Crippen molar-refractivity contribution >= 4 is 6.03 Å². The predicted molar refractivity (Wildman–Crippen MR) is 97.3 cm³/mol. The van der Waals surface area contributed by atoms with Gasteiger partial charge >= 0.3 is 6.03 Å². The van der Waals surface area contributed by atoms with Gasteiger partial charge in [-0.3, -0.25) is 0 Å². The van der Waals surface area contributed by atoms with Gasteiger partial charge in [-0.2, -0.15) is 0 Å². The summed E-state index contributed by atoms with van der Waals surface area (Å²) >= 11 is 0. The molecule has 2 unspecified atom stereocenters. The van der Waals surface area contributed by atoms with E-state index in [1.165, 1.54) is 57.8 Å². The van der Waals surface area contributed by atoms with Crippen LogP contribution in [0, 0.1) is 5.92 Å². The largest absolute Gasteiger partial charge is 0.338 e. The van der Waals surface area contributed by atoms with Crippen molar-refractivity contribution in [2.24, 2.45) is 5.92 Å². The molecule has 0 aromatic heterocycles. The van der Waals surface area contributed by atoms with E-state index in [0.29, 0.717) is 5.92 Å². The molecular weight excluding hydrogens is 272 g/mol. The van der Waals surface area contributed by atoms with Crippen LogP contribution in [-0.2, 0) is 0 Å². The monoisotopic (exact) mass is 312 g/mol. The molecule has 0 radical (unpaired) electrons. The third-order valence-corrected chi connectivity index (χ3v) is 4.67. The molecule has 132 valence electrons. The molecule has 0 aromatic carbocycles. The number of rotatable bonds is 14. The smallest absolute Gasteiger partial charge is 0.315 e. The highest BCUT2D eigenvalue weighted by Gasteiger charge is 2.12. The van der Waals surface area contributed by atoms with Gasteiger partial charge in [0.25, 0.3) is 0 Å². The van der Waals surface area contributed by atoms with E-state index in [4.69, 9.17) is 0 Å². The molecule has 2 amide bonds. The zero-order valence-electron chi connectivity index (χ0n) is 15.5. The maximum absolute atomic E-state index is 11.7. The lowest BCUT2D eigenvalue weighted by Gasteiger charge is -2.20. The van der Waals surface area contributed by atoms with Crippen LogP contribution in [0.1, 0.15) is 98.3 Å². The van der Waals surface area contributed by atoms with Crippen LogP contribution in [0.2, 0.25) is 0 Å². The number of urea groups is 1. The van der Waals surface area contributed by atoms with Gasteiger partial charge in [-0.05, 0) is 19.3 Å². The van der Waals surface area contributed by atoms with Crippen LogP contribution < -0.4 is 10.6 Å². The Balaban J connectivity index is 3.30. The van der Waals surface area contributed by atoms with Crippen LogP contribution in [0.4, 0.5) is 4.79 Å². The van der Waals surface area contributed by atoms with Crippen molar-refractivity contribution in [2.45, 2.75) is 104 Å². The Labute approximate surface area is 139 Å². The molecule has 22 heavy (non-hydrogen) atoms. The maximum Gasteiger partial charge on any atom is 0.315 e. The van der Waals surface area contributed by atoms with Gasteiger partial charge in [-0.25, -0.2) is 4.79 Å². The molecule has 0 aromatic rings. The molecule has 0 saturated carbocycles. The van der Waals surface area contributed by atoms with E-state index in [1.54, 1.807) is 0 Å². The summed E-state index contributed by atoms with van der Waals surface area (Å²) in [5, 5.41) is 5.98. The zero-order valence-corrected chi connectivity index (χ0v) is 15.5. The number of nitrogens with one attached hydrogen (secondary N) is 2. The van der Waals surface area contributed by atoms with E-state index >= 15 is 0 Å². The minimum Gasteiger partial charge on any atom is -0.338 e. The lowest BCUT2D eigenvalue weighted by Crippen LogP contribution is -2.43. The Kier molecular flexibility index (Phi) is 14.7. The molecule has 0 aliphatic carbocycles. The van der Waals surface area contributed by atoms with Gasteiger partial charge in [0.15, 0.2) is 0 Å². The highest BCUT2D eigenvalue weighted by atomic mass is 16.2. The van der Waals surface area contributed by atoms with Gasteiger partial charge in [-0.1, -0.05) is 85.0 Å². The van der Waals surface area contributed by atoms with E-state index in [2.05, 4.69) is 38.3 Å². The van der Waals surface area contributed by atoms with Crippen LogP contribution in [0.3, 0.4) is 0 Å². The summed E-state index contributed by atoms with van der Waals surface area (Å²) in [7, 11) is 0. The quantitative estimate of drug-likeness (QED) is 0.400. The molecule has 0 rings (SSSR count). The second-order valence-corrected chi connectivity index (χ2v) is 6.76. The molecule has 0 bridgehead atoms. The minimum absolute atomic E-state index is 0.0104. The summed E-state index contributed by atoms with van der Waals surface area (Å²) in [5.74, 6) is 0.531. The van der Waals surface area contributed by atoms with Gasteiger partial charge in [0.2, 0.25) is 0 Å². The van der Waals surface area contributed by atoms with Gasteiger partial charge in [-0.15, -0.1) is 0 Å². The van der Waals surface area contributed by atoms with E-state index in [0.717, 1.165) is 19.4 Å². The van der Waals surface area contributed by atoms with Crippen molar-refractivity contribution in [3.8, 4) is 0 Å². The van der Waals surface area contributed by atoms with Gasteiger partial charge in [0, 0.05) is 12.6 Å². The third-order valence-electron chi connectivity index (χ3n) is 4.67. The van der Waals surface area contributed by atoms with Crippen molar-refractivity contribution < 1.29 is 4.79 Å². The van der Waals surface area contributed by atoms with Crippen molar-refractivity contribution in [1.29, 1.82) is 0 Å². The number of amides is 2. The molecule has 3 heteroatoms. The molecule has 0 heterocycles. The second-order valence-electron chi connectivity index (χ2n) is 6.76. The van der Waals surface area contributed by atoms with Gasteiger partial charge in [0.1, 0.15) is 0 Å². The Morgan fingerprint density at radius 3 is 1.82 bits per heavy atom. The molecule has 0 aliphatic rings. The van der Waals surface area contributed by atoms with E-state index in [-0.39, 0.29) is 12.1 Å². The zero-order chi connectivity index (χ0) is 16.6. The summed E-state index contributed by atoms with van der Waals surface area (Å²) < 4.78 is 0. The summed E-state index contributed by atoms with van der Waals surface area (Å²) in [5.41, 5.74) is 0. The summed E-state index contributed by atoms with van der Waals surface area (Å²) in [6, 6.07) is 0.237. The first-order valence-corrected chi connectivity index (χ1v) is 9.66. The molecule has 0 spiro atoms. The van der Waals surface area contributed by atoms with Crippen LogP contribution in [0.5, 0.6) is 0 Å². The van der Waals surface area contributed by atoms with Gasteiger partial charge < -0.3 is 10.6 Å². The number of hydrogen-bond donors (Lipinski definition) is 2. The first-order chi connectivity index (χ1) is 10.6. The number of unbranched alkanes of at least 4 members (excludes halogenated alkanes) is 9. The Hall–Kier alpha value is -0.730. The SMILES string of the molecule is CCCCCCCCCCCCNC(=O)NC(C)C(C)CC. The van der Waals surface area contributed by atoms with Crippen molar-refractivity contribution in [2.75, 3.05) is 6.54 Å². The van der Waals surface area contributed by atoms with E-state index in [1.807, 2.05) is 0 Å². The van der Waals surface area contributed by atoms with Crippen LogP contribution in [-0.4, -0.2) is 18.6 Å². The number of carbonyl (C=O) groups is 1. The fraction of sp³-hybridized carbons (Fsp3) is 0.947. The molecular formula is C19H40N2O.